The van der Waals surface area contributed by atoms with Gasteiger partial charge in [-0.3, -0.25) is 4.18 Å². The van der Waals surface area contributed by atoms with E-state index in [1.807, 2.05) is 0 Å². The summed E-state index contributed by atoms with van der Waals surface area (Å²) in [6.45, 7) is 1.69. The molecule has 0 saturated carbocycles. The Bertz CT molecular complexity index is 81.0. The summed E-state index contributed by atoms with van der Waals surface area (Å²) in [7, 11) is 0. The number of nitrogens with two attached hydrogens (primary N) is 1. The van der Waals surface area contributed by atoms with Crippen molar-refractivity contribution >= 4 is 12.0 Å². The maximum atomic E-state index is 8.82. The van der Waals surface area contributed by atoms with E-state index in [0.717, 1.165) is 12.0 Å². The van der Waals surface area contributed by atoms with Gasteiger partial charge in [0.25, 0.3) is 5.12 Å². The summed E-state index contributed by atoms with van der Waals surface area (Å²) in [5, 5.41) is 7.77. The Hall–Kier alpha value is 0.230. The lowest BCUT2D eigenvalue weighted by Crippen LogP contribution is -2.32. The van der Waals surface area contributed by atoms with Crippen LogP contribution in [0.3, 0.4) is 0 Å². The van der Waals surface area contributed by atoms with Gasteiger partial charge in [-0.2, -0.15) is 0 Å². The van der Waals surface area contributed by atoms with Crippen molar-refractivity contribution in [2.24, 2.45) is 5.73 Å². The van der Waals surface area contributed by atoms with Crippen LogP contribution in [0.2, 0.25) is 0 Å². The van der Waals surface area contributed by atoms with E-state index < -0.39 is 5.12 Å². The maximum Gasteiger partial charge on any atom is 0.268 e. The summed E-state index contributed by atoms with van der Waals surface area (Å²) in [5.41, 5.74) is 5.24. The highest BCUT2D eigenvalue weighted by Gasteiger charge is 2.49. The van der Waals surface area contributed by atoms with Crippen molar-refractivity contribution in [3.05, 3.63) is 0 Å². The molecule has 0 bridgehead atoms. The zero-order valence-corrected chi connectivity index (χ0v) is 4.73. The lowest BCUT2D eigenvalue weighted by Gasteiger charge is -2.02. The lowest BCUT2D eigenvalue weighted by molar-refractivity contribution is 0.0184. The van der Waals surface area contributed by atoms with Crippen LogP contribution in [-0.2, 0) is 4.18 Å². The fraction of sp³-hybridized carbons (Fsp3) is 1.00. The third kappa shape index (κ3) is 0.884. The largest absolute Gasteiger partial charge is 0.354 e. The van der Waals surface area contributed by atoms with Gasteiger partial charge in [-0.25, -0.2) is 0 Å². The van der Waals surface area contributed by atoms with Crippen LogP contribution in [0.15, 0.2) is 0 Å². The first-order chi connectivity index (χ1) is 3.15. The van der Waals surface area contributed by atoms with Gasteiger partial charge in [0.15, 0.2) is 0 Å². The first-order valence-corrected chi connectivity index (χ1v) is 2.74. The van der Waals surface area contributed by atoms with Crippen molar-refractivity contribution in [1.29, 1.82) is 0 Å². The van der Waals surface area contributed by atoms with E-state index in [2.05, 4.69) is 4.18 Å². The number of aliphatic hydroxyl groups is 1. The van der Waals surface area contributed by atoms with Gasteiger partial charge in [-0.15, -0.1) is 0 Å². The molecule has 1 aliphatic heterocycles. The van der Waals surface area contributed by atoms with E-state index in [9.17, 15) is 0 Å². The third-order valence-electron chi connectivity index (χ3n) is 0.830. The van der Waals surface area contributed by atoms with Crippen LogP contribution < -0.4 is 5.73 Å². The van der Waals surface area contributed by atoms with E-state index >= 15 is 0 Å². The van der Waals surface area contributed by atoms with E-state index in [-0.39, 0.29) is 6.04 Å². The van der Waals surface area contributed by atoms with Crippen molar-refractivity contribution in [1.82, 2.24) is 0 Å². The summed E-state index contributed by atoms with van der Waals surface area (Å²) in [4.78, 5) is 0. The second-order valence-corrected chi connectivity index (χ2v) is 2.50. The molecule has 0 radical (unpaired) electrons. The SMILES string of the molecule is C[C@H](N)C1(O)OS1. The van der Waals surface area contributed by atoms with Crippen LogP contribution >= 0.6 is 12.0 Å². The van der Waals surface area contributed by atoms with Gasteiger partial charge >= 0.3 is 0 Å². The molecule has 1 saturated heterocycles. The van der Waals surface area contributed by atoms with Crippen LogP contribution in [0.4, 0.5) is 0 Å². The molecule has 3 nitrogen and oxygen atoms in total. The summed E-state index contributed by atoms with van der Waals surface area (Å²) in [6.07, 6.45) is 0. The molecule has 4 heteroatoms. The Morgan fingerprint density at radius 1 is 2.00 bits per heavy atom. The zero-order chi connectivity index (χ0) is 5.49. The fourth-order valence-electron chi connectivity index (χ4n) is 0.194. The topological polar surface area (TPSA) is 58.8 Å². The molecule has 0 aromatic heterocycles. The fourth-order valence-corrected chi connectivity index (χ4v) is 0.583. The van der Waals surface area contributed by atoms with Crippen LogP contribution in [-0.4, -0.2) is 16.3 Å². The highest BCUT2D eigenvalue weighted by molar-refractivity contribution is 8.01. The second-order valence-electron chi connectivity index (χ2n) is 1.59. The van der Waals surface area contributed by atoms with Crippen molar-refractivity contribution in [2.45, 2.75) is 18.1 Å². The number of rotatable bonds is 1. The van der Waals surface area contributed by atoms with E-state index in [0.29, 0.717) is 0 Å². The summed E-state index contributed by atoms with van der Waals surface area (Å²) in [6, 6.07) is -0.294. The summed E-state index contributed by atoms with van der Waals surface area (Å²) >= 11 is 1.01. The Morgan fingerprint density at radius 2 is 2.43 bits per heavy atom. The number of hydrogen-bond acceptors (Lipinski definition) is 4. The predicted molar refractivity (Wildman–Crippen MR) is 27.3 cm³/mol. The molecule has 0 spiro atoms. The van der Waals surface area contributed by atoms with Crippen LogP contribution in [0, 0.1) is 0 Å². The normalized spacial score (nSPS) is 43.3. The van der Waals surface area contributed by atoms with E-state index in [4.69, 9.17) is 10.8 Å². The van der Waals surface area contributed by atoms with Crippen molar-refractivity contribution < 1.29 is 9.29 Å². The standard InChI is InChI=1S/C3H7NO2S/c1-2(4)3(5)6-7-3/h2,5H,4H2,1H3/t2-,3?/m0/s1. The molecule has 0 aromatic rings. The molecular weight excluding hydrogens is 114 g/mol. The van der Waals surface area contributed by atoms with Crippen LogP contribution in [0.5, 0.6) is 0 Å². The molecule has 7 heavy (non-hydrogen) atoms. The molecule has 0 amide bonds. The first kappa shape index (κ1) is 5.37. The third-order valence-corrected chi connectivity index (χ3v) is 1.71. The molecule has 0 aliphatic carbocycles. The second kappa shape index (κ2) is 1.35. The average Bonchev–Trinajstić information content (AvgIpc) is 2.21. The molecule has 1 rings (SSSR count). The van der Waals surface area contributed by atoms with Gasteiger partial charge in [-0.05, 0) is 6.92 Å². The molecule has 1 fully saturated rings. The molecule has 1 unspecified atom stereocenters. The highest BCUT2D eigenvalue weighted by atomic mass is 32.2. The lowest BCUT2D eigenvalue weighted by atomic mass is 10.4. The molecule has 1 heterocycles. The van der Waals surface area contributed by atoms with Crippen molar-refractivity contribution in [2.75, 3.05) is 0 Å². The number of hydrogen-bond donors (Lipinski definition) is 2. The Kier molecular flexibility index (Phi) is 1.04. The zero-order valence-electron chi connectivity index (χ0n) is 3.92. The van der Waals surface area contributed by atoms with E-state index in [1.54, 1.807) is 6.92 Å². The molecular formula is C3H7NO2S. The van der Waals surface area contributed by atoms with Gasteiger partial charge in [0.05, 0.1) is 18.1 Å². The van der Waals surface area contributed by atoms with Crippen LogP contribution in [0.1, 0.15) is 6.92 Å². The van der Waals surface area contributed by atoms with Crippen LogP contribution in [0.25, 0.3) is 0 Å². The Labute approximate surface area is 46.0 Å². The quantitative estimate of drug-likeness (QED) is 0.368. The minimum atomic E-state index is -1.06. The summed E-state index contributed by atoms with van der Waals surface area (Å²) < 4.78 is 4.50. The molecule has 0 aromatic carbocycles. The minimum absolute atomic E-state index is 0.294. The average molecular weight is 121 g/mol. The minimum Gasteiger partial charge on any atom is -0.354 e. The molecule has 42 valence electrons. The smallest absolute Gasteiger partial charge is 0.268 e. The van der Waals surface area contributed by atoms with Gasteiger partial charge in [-0.1, -0.05) is 0 Å². The van der Waals surface area contributed by atoms with Gasteiger partial charge in [0.1, 0.15) is 0 Å². The maximum absolute atomic E-state index is 8.82. The van der Waals surface area contributed by atoms with Crippen molar-refractivity contribution in [3.63, 3.8) is 0 Å². The molecule has 3 N–H and O–H groups in total. The monoisotopic (exact) mass is 121 g/mol. The molecule has 1 aliphatic rings. The van der Waals surface area contributed by atoms with Gasteiger partial charge in [0, 0.05) is 0 Å². The Morgan fingerprint density at radius 3 is 2.43 bits per heavy atom. The summed E-state index contributed by atoms with van der Waals surface area (Å²) in [5.74, 6) is 0. The Balaban J connectivity index is 2.39. The highest BCUT2D eigenvalue weighted by Crippen LogP contribution is 2.46. The predicted octanol–water partition coefficient (Wildman–Crippen LogP) is -0.342. The molecule has 2 atom stereocenters. The first-order valence-electron chi connectivity index (χ1n) is 2.00. The van der Waals surface area contributed by atoms with Crippen molar-refractivity contribution in [3.8, 4) is 0 Å². The van der Waals surface area contributed by atoms with Gasteiger partial charge < -0.3 is 10.8 Å². The van der Waals surface area contributed by atoms with Gasteiger partial charge in [0.2, 0.25) is 0 Å². The van der Waals surface area contributed by atoms with E-state index in [1.165, 1.54) is 0 Å².